The lowest BCUT2D eigenvalue weighted by Gasteiger charge is -2.05. The molecule has 1 aromatic heterocycles. The van der Waals surface area contributed by atoms with Crippen LogP contribution in [0.15, 0.2) is 71.3 Å². The van der Waals surface area contributed by atoms with E-state index in [0.29, 0.717) is 6.42 Å². The minimum absolute atomic E-state index is 0.569. The first-order chi connectivity index (χ1) is 11.3. The Bertz CT molecular complexity index is 777. The molecule has 0 aliphatic heterocycles. The van der Waals surface area contributed by atoms with Crippen molar-refractivity contribution in [3.05, 3.63) is 76.9 Å². The third-order valence-electron chi connectivity index (χ3n) is 3.74. The van der Waals surface area contributed by atoms with Gasteiger partial charge in [-0.05, 0) is 35.7 Å². The van der Waals surface area contributed by atoms with Gasteiger partial charge in [-0.3, -0.25) is 4.98 Å². The first-order valence-electron chi connectivity index (χ1n) is 7.51. The van der Waals surface area contributed by atoms with Crippen molar-refractivity contribution in [2.24, 2.45) is 0 Å². The van der Waals surface area contributed by atoms with E-state index in [1.807, 2.05) is 24.4 Å². The predicted molar refractivity (Wildman–Crippen MR) is 97.2 cm³/mol. The molecule has 3 aromatic rings. The summed E-state index contributed by atoms with van der Waals surface area (Å²) in [6.07, 6.45) is 4.22. The second kappa shape index (κ2) is 7.34. The Hall–Kier alpha value is -2.26. The molecule has 3 rings (SSSR count). The van der Waals surface area contributed by atoms with Crippen molar-refractivity contribution < 1.29 is 4.79 Å². The molecule has 0 amide bonds. The van der Waals surface area contributed by atoms with Crippen molar-refractivity contribution in [2.75, 3.05) is 0 Å². The van der Waals surface area contributed by atoms with Crippen LogP contribution in [0.4, 0.5) is 0 Å². The van der Waals surface area contributed by atoms with Crippen molar-refractivity contribution in [3.63, 3.8) is 0 Å². The van der Waals surface area contributed by atoms with Gasteiger partial charge in [0.2, 0.25) is 0 Å². The molecule has 0 radical (unpaired) electrons. The number of hydrogen-bond donors (Lipinski definition) is 0. The summed E-state index contributed by atoms with van der Waals surface area (Å²) in [6.45, 7) is 0. The molecule has 0 spiro atoms. The van der Waals surface area contributed by atoms with Gasteiger partial charge in [-0.2, -0.15) is 0 Å². The van der Waals surface area contributed by atoms with Crippen LogP contribution < -0.4 is 0 Å². The summed E-state index contributed by atoms with van der Waals surface area (Å²) in [5, 5.41) is 0. The van der Waals surface area contributed by atoms with Crippen molar-refractivity contribution in [2.45, 2.75) is 12.8 Å². The van der Waals surface area contributed by atoms with Gasteiger partial charge in [0.05, 0.1) is 5.69 Å². The number of rotatable bonds is 5. The zero-order chi connectivity index (χ0) is 16.1. The van der Waals surface area contributed by atoms with E-state index in [4.69, 9.17) is 0 Å². The molecule has 0 saturated carbocycles. The average Bonchev–Trinajstić information content (AvgIpc) is 2.61. The van der Waals surface area contributed by atoms with Gasteiger partial charge in [0.15, 0.2) is 0 Å². The summed E-state index contributed by atoms with van der Waals surface area (Å²) < 4.78 is 1.07. The first kappa shape index (κ1) is 15.6. The van der Waals surface area contributed by atoms with E-state index in [1.165, 1.54) is 5.56 Å². The smallest absolute Gasteiger partial charge is 0.120 e. The van der Waals surface area contributed by atoms with Gasteiger partial charge < -0.3 is 4.79 Å². The summed E-state index contributed by atoms with van der Waals surface area (Å²) in [6, 6.07) is 20.6. The van der Waals surface area contributed by atoms with Crippen LogP contribution >= 0.6 is 15.9 Å². The summed E-state index contributed by atoms with van der Waals surface area (Å²) >= 11 is 3.45. The van der Waals surface area contributed by atoms with Gasteiger partial charge in [0.25, 0.3) is 0 Å². The van der Waals surface area contributed by atoms with Gasteiger partial charge in [-0.25, -0.2) is 0 Å². The van der Waals surface area contributed by atoms with Gasteiger partial charge in [-0.1, -0.05) is 58.4 Å². The van der Waals surface area contributed by atoms with Crippen LogP contribution in [0.25, 0.3) is 22.4 Å². The molecule has 0 aliphatic rings. The molecule has 0 saturated heterocycles. The highest BCUT2D eigenvalue weighted by atomic mass is 79.9. The molecule has 2 nitrogen and oxygen atoms in total. The first-order valence-corrected chi connectivity index (χ1v) is 8.30. The van der Waals surface area contributed by atoms with E-state index < -0.39 is 0 Å². The highest BCUT2D eigenvalue weighted by molar-refractivity contribution is 9.10. The standard InChI is InChI=1S/C20H16BrNO/c21-19-10-7-16(8-11-19)18-9-12-20(22-14-18)17-5-3-15(4-6-17)2-1-13-23/h3-14H,1-2H2. The topological polar surface area (TPSA) is 30.0 Å². The number of carbonyl (C=O) groups is 1. The van der Waals surface area contributed by atoms with E-state index in [2.05, 4.69) is 63.4 Å². The summed E-state index contributed by atoms with van der Waals surface area (Å²) in [5.74, 6) is 0. The van der Waals surface area contributed by atoms with Crippen molar-refractivity contribution >= 4 is 22.2 Å². The molecule has 1 heterocycles. The fraction of sp³-hybridized carbons (Fsp3) is 0.100. The Morgan fingerprint density at radius 1 is 0.826 bits per heavy atom. The Morgan fingerprint density at radius 2 is 1.48 bits per heavy atom. The largest absolute Gasteiger partial charge is 0.303 e. The normalized spacial score (nSPS) is 10.5. The van der Waals surface area contributed by atoms with Crippen molar-refractivity contribution in [1.82, 2.24) is 4.98 Å². The Balaban J connectivity index is 1.79. The Morgan fingerprint density at radius 3 is 2.09 bits per heavy atom. The molecule has 0 bridgehead atoms. The maximum Gasteiger partial charge on any atom is 0.120 e. The Kier molecular flexibility index (Phi) is 4.99. The number of aldehydes is 1. The average molecular weight is 366 g/mol. The van der Waals surface area contributed by atoms with Crippen LogP contribution in [0.3, 0.4) is 0 Å². The molecule has 0 unspecified atom stereocenters. The maximum absolute atomic E-state index is 10.4. The van der Waals surface area contributed by atoms with E-state index in [1.54, 1.807) is 0 Å². The molecular formula is C20H16BrNO. The third kappa shape index (κ3) is 3.93. The number of halogens is 1. The van der Waals surface area contributed by atoms with Crippen LogP contribution in [-0.4, -0.2) is 11.3 Å². The number of aryl methyl sites for hydroxylation is 1. The molecular weight excluding hydrogens is 350 g/mol. The van der Waals surface area contributed by atoms with Crippen LogP contribution in [0.2, 0.25) is 0 Å². The fourth-order valence-corrected chi connectivity index (χ4v) is 2.71. The number of pyridine rings is 1. The van der Waals surface area contributed by atoms with Crippen LogP contribution in [0, 0.1) is 0 Å². The lowest BCUT2D eigenvalue weighted by Crippen LogP contribution is -1.88. The van der Waals surface area contributed by atoms with Crippen LogP contribution in [0.1, 0.15) is 12.0 Å². The number of nitrogens with zero attached hydrogens (tertiary/aromatic N) is 1. The van der Waals surface area contributed by atoms with Gasteiger partial charge in [-0.15, -0.1) is 0 Å². The van der Waals surface area contributed by atoms with E-state index in [9.17, 15) is 4.79 Å². The number of carbonyl (C=O) groups excluding carboxylic acids is 1. The van der Waals surface area contributed by atoms with Gasteiger partial charge >= 0.3 is 0 Å². The van der Waals surface area contributed by atoms with E-state index in [0.717, 1.165) is 39.6 Å². The van der Waals surface area contributed by atoms with E-state index in [-0.39, 0.29) is 0 Å². The lowest BCUT2D eigenvalue weighted by molar-refractivity contribution is -0.107. The monoisotopic (exact) mass is 365 g/mol. The van der Waals surface area contributed by atoms with Gasteiger partial charge in [0.1, 0.15) is 6.29 Å². The molecule has 3 heteroatoms. The maximum atomic E-state index is 10.4. The molecule has 0 N–H and O–H groups in total. The van der Waals surface area contributed by atoms with Crippen LogP contribution in [0.5, 0.6) is 0 Å². The summed E-state index contributed by atoms with van der Waals surface area (Å²) in [7, 11) is 0. The predicted octanol–water partition coefficient (Wildman–Crippen LogP) is 5.31. The summed E-state index contributed by atoms with van der Waals surface area (Å²) in [4.78, 5) is 15.0. The molecule has 0 aliphatic carbocycles. The summed E-state index contributed by atoms with van der Waals surface area (Å²) in [5.41, 5.74) is 5.46. The quantitative estimate of drug-likeness (QED) is 0.573. The molecule has 0 atom stereocenters. The zero-order valence-corrected chi connectivity index (χ0v) is 14.2. The highest BCUT2D eigenvalue weighted by Gasteiger charge is 2.02. The lowest BCUT2D eigenvalue weighted by atomic mass is 10.0. The Labute approximate surface area is 144 Å². The number of benzene rings is 2. The number of hydrogen-bond acceptors (Lipinski definition) is 2. The fourth-order valence-electron chi connectivity index (χ4n) is 2.45. The SMILES string of the molecule is O=CCCc1ccc(-c2ccc(-c3ccc(Br)cc3)cn2)cc1. The van der Waals surface area contributed by atoms with E-state index >= 15 is 0 Å². The minimum atomic E-state index is 0.569. The minimum Gasteiger partial charge on any atom is -0.303 e. The molecule has 0 fully saturated rings. The van der Waals surface area contributed by atoms with Crippen molar-refractivity contribution in [1.29, 1.82) is 0 Å². The van der Waals surface area contributed by atoms with Gasteiger partial charge in [0, 0.05) is 28.2 Å². The van der Waals surface area contributed by atoms with Crippen LogP contribution in [-0.2, 0) is 11.2 Å². The molecule has 2 aromatic carbocycles. The zero-order valence-electron chi connectivity index (χ0n) is 12.6. The second-order valence-corrected chi connectivity index (χ2v) is 6.26. The second-order valence-electron chi connectivity index (χ2n) is 5.34. The number of aromatic nitrogens is 1. The molecule has 114 valence electrons. The van der Waals surface area contributed by atoms with Crippen molar-refractivity contribution in [3.8, 4) is 22.4 Å². The highest BCUT2D eigenvalue weighted by Crippen LogP contribution is 2.24. The third-order valence-corrected chi connectivity index (χ3v) is 4.27. The molecule has 23 heavy (non-hydrogen) atoms.